The van der Waals surface area contributed by atoms with Gasteiger partial charge < -0.3 is 5.32 Å². The summed E-state index contributed by atoms with van der Waals surface area (Å²) in [5.74, 6) is -0.735. The number of carbonyl (C=O) groups excluding carboxylic acids is 1. The molecule has 0 aliphatic carbocycles. The lowest BCUT2D eigenvalue weighted by Crippen LogP contribution is -2.37. The van der Waals surface area contributed by atoms with E-state index in [0.29, 0.717) is 24.1 Å². The molecule has 1 aliphatic rings. The van der Waals surface area contributed by atoms with Gasteiger partial charge >= 0.3 is 0 Å². The smallest absolute Gasteiger partial charge is 0.272 e. The van der Waals surface area contributed by atoms with E-state index >= 15 is 0 Å². The summed E-state index contributed by atoms with van der Waals surface area (Å²) in [6.45, 7) is 4.25. The quantitative estimate of drug-likeness (QED) is 0.640. The van der Waals surface area contributed by atoms with Crippen molar-refractivity contribution >= 4 is 15.9 Å². The largest absolute Gasteiger partial charge is 0.347 e. The van der Waals surface area contributed by atoms with Gasteiger partial charge in [0.05, 0.1) is 4.90 Å². The normalized spacial score (nSPS) is 14.2. The Hall–Kier alpha value is -3.04. The second kappa shape index (κ2) is 8.48. The molecule has 0 atom stereocenters. The Morgan fingerprint density at radius 3 is 2.59 bits per heavy atom. The second-order valence-corrected chi connectivity index (χ2v) is 9.97. The molecule has 32 heavy (non-hydrogen) atoms. The molecule has 9 heteroatoms. The molecule has 1 N–H and O–H groups in total. The predicted molar refractivity (Wildman–Crippen MR) is 118 cm³/mol. The number of nitrogens with one attached hydrogen (secondary N) is 1. The predicted octanol–water partition coefficient (Wildman–Crippen LogP) is 2.85. The number of hydrogen-bond acceptors (Lipinski definition) is 4. The zero-order valence-corrected chi connectivity index (χ0v) is 19.0. The fourth-order valence-corrected chi connectivity index (χ4v) is 5.67. The first-order valence-electron chi connectivity index (χ1n) is 10.3. The van der Waals surface area contributed by atoms with Crippen LogP contribution in [0.1, 0.15) is 38.4 Å². The first kappa shape index (κ1) is 22.2. The number of nitrogens with zero attached hydrogens (tertiary/aromatic N) is 3. The van der Waals surface area contributed by atoms with Crippen molar-refractivity contribution in [2.24, 2.45) is 7.05 Å². The lowest BCUT2D eigenvalue weighted by atomic mass is 10.1. The number of halogens is 1. The summed E-state index contributed by atoms with van der Waals surface area (Å²) in [6, 6.07) is 11.2. The van der Waals surface area contributed by atoms with Gasteiger partial charge in [0.15, 0.2) is 5.69 Å². The minimum absolute atomic E-state index is 0.0815. The lowest BCUT2D eigenvalue weighted by Gasteiger charge is -2.27. The van der Waals surface area contributed by atoms with Gasteiger partial charge in [0.1, 0.15) is 5.82 Å². The van der Waals surface area contributed by atoms with Gasteiger partial charge in [-0.2, -0.15) is 9.40 Å². The van der Waals surface area contributed by atoms with Crippen LogP contribution in [0.2, 0.25) is 0 Å². The molecule has 0 bridgehead atoms. The van der Waals surface area contributed by atoms with Crippen LogP contribution in [0.3, 0.4) is 0 Å². The van der Waals surface area contributed by atoms with Crippen LogP contribution in [-0.4, -0.2) is 35.0 Å². The van der Waals surface area contributed by atoms with Crippen LogP contribution < -0.4 is 5.32 Å². The monoisotopic (exact) mass is 456 g/mol. The van der Waals surface area contributed by atoms with Gasteiger partial charge in [-0.3, -0.25) is 9.48 Å². The molecule has 2 aromatic carbocycles. The number of fused-ring (bicyclic) bond motifs is 1. The maximum atomic E-state index is 13.4. The Morgan fingerprint density at radius 1 is 1.16 bits per heavy atom. The summed E-state index contributed by atoms with van der Waals surface area (Å²) in [6.07, 6.45) is 0.466. The lowest BCUT2D eigenvalue weighted by molar-refractivity contribution is 0.0943. The fourth-order valence-electron chi connectivity index (χ4n) is 3.95. The van der Waals surface area contributed by atoms with E-state index in [9.17, 15) is 17.6 Å². The van der Waals surface area contributed by atoms with Crippen molar-refractivity contribution in [3.8, 4) is 0 Å². The molecule has 1 amide bonds. The Balaban J connectivity index is 1.58. The Bertz CT molecular complexity index is 1280. The molecule has 2 heterocycles. The summed E-state index contributed by atoms with van der Waals surface area (Å²) < 4.78 is 42.9. The van der Waals surface area contributed by atoms with Crippen molar-refractivity contribution in [1.29, 1.82) is 0 Å². The topological polar surface area (TPSA) is 84.3 Å². The molecule has 3 aromatic rings. The highest BCUT2D eigenvalue weighted by atomic mass is 32.2. The number of benzene rings is 2. The van der Waals surface area contributed by atoms with Crippen LogP contribution in [0, 0.1) is 19.7 Å². The van der Waals surface area contributed by atoms with Gasteiger partial charge in [0.2, 0.25) is 10.0 Å². The first-order chi connectivity index (χ1) is 15.2. The minimum atomic E-state index is -3.72. The molecule has 7 nitrogen and oxygen atoms in total. The average molecular weight is 457 g/mol. The SMILES string of the molecule is Cc1ccc(C)c(S(=O)(=O)N2CCc3c(c(C(=O)NCc4ccc(F)cc4)nn3C)C2)c1. The van der Waals surface area contributed by atoms with Gasteiger partial charge in [-0.25, -0.2) is 12.8 Å². The van der Waals surface area contributed by atoms with Crippen molar-refractivity contribution in [2.75, 3.05) is 6.54 Å². The van der Waals surface area contributed by atoms with E-state index < -0.39 is 15.9 Å². The zero-order valence-electron chi connectivity index (χ0n) is 18.2. The maximum absolute atomic E-state index is 13.4. The van der Waals surface area contributed by atoms with E-state index in [2.05, 4.69) is 10.4 Å². The molecule has 0 saturated heterocycles. The zero-order chi connectivity index (χ0) is 23.0. The maximum Gasteiger partial charge on any atom is 0.272 e. The van der Waals surface area contributed by atoms with Gasteiger partial charge in [-0.05, 0) is 48.7 Å². The molecule has 0 saturated carbocycles. The summed E-state index contributed by atoms with van der Waals surface area (Å²) in [5, 5.41) is 7.16. The van der Waals surface area contributed by atoms with E-state index in [1.54, 1.807) is 42.9 Å². The number of hydrogen-bond donors (Lipinski definition) is 1. The number of amides is 1. The van der Waals surface area contributed by atoms with Crippen LogP contribution >= 0.6 is 0 Å². The Morgan fingerprint density at radius 2 is 1.88 bits per heavy atom. The molecule has 1 aliphatic heterocycles. The number of rotatable bonds is 5. The van der Waals surface area contributed by atoms with Crippen LogP contribution in [0.15, 0.2) is 47.4 Å². The van der Waals surface area contributed by atoms with Gasteiger partial charge in [-0.15, -0.1) is 0 Å². The van der Waals surface area contributed by atoms with Crippen molar-refractivity contribution in [3.05, 3.63) is 81.9 Å². The molecule has 168 valence electrons. The van der Waals surface area contributed by atoms with Crippen molar-refractivity contribution < 1.29 is 17.6 Å². The molecule has 1 aromatic heterocycles. The number of carbonyl (C=O) groups is 1. The molecular formula is C23H25FN4O3S. The van der Waals surface area contributed by atoms with Crippen molar-refractivity contribution in [1.82, 2.24) is 19.4 Å². The number of aryl methyl sites for hydroxylation is 3. The van der Waals surface area contributed by atoms with Crippen molar-refractivity contribution in [2.45, 2.75) is 38.3 Å². The fraction of sp³-hybridized carbons (Fsp3) is 0.304. The van der Waals surface area contributed by atoms with E-state index in [-0.39, 0.29) is 29.5 Å². The summed E-state index contributed by atoms with van der Waals surface area (Å²) in [5.41, 5.74) is 3.99. The van der Waals surface area contributed by atoms with Crippen LogP contribution in [0.4, 0.5) is 4.39 Å². The highest BCUT2D eigenvalue weighted by Crippen LogP contribution is 2.28. The minimum Gasteiger partial charge on any atom is -0.347 e. The molecule has 0 radical (unpaired) electrons. The van der Waals surface area contributed by atoms with Gasteiger partial charge in [0.25, 0.3) is 5.91 Å². The number of sulfonamides is 1. The van der Waals surface area contributed by atoms with Gasteiger partial charge in [-0.1, -0.05) is 24.3 Å². The molecule has 0 spiro atoms. The summed E-state index contributed by atoms with van der Waals surface area (Å²) in [7, 11) is -1.97. The average Bonchev–Trinajstić information content (AvgIpc) is 3.11. The third-order valence-electron chi connectivity index (χ3n) is 5.75. The summed E-state index contributed by atoms with van der Waals surface area (Å²) in [4.78, 5) is 13.2. The third-order valence-corrected chi connectivity index (χ3v) is 7.74. The highest BCUT2D eigenvalue weighted by Gasteiger charge is 2.34. The highest BCUT2D eigenvalue weighted by molar-refractivity contribution is 7.89. The second-order valence-electron chi connectivity index (χ2n) is 8.06. The van der Waals surface area contributed by atoms with Crippen LogP contribution in [-0.2, 0) is 36.6 Å². The first-order valence-corrected chi connectivity index (χ1v) is 11.8. The molecule has 4 rings (SSSR count). The standard InChI is InChI=1S/C23H25FN4O3S/c1-15-4-5-16(2)21(12-15)32(30,31)28-11-10-20-19(14-28)22(26-27(20)3)23(29)25-13-17-6-8-18(24)9-7-17/h4-9,12H,10-11,13-14H2,1-3H3,(H,25,29). The van der Waals surface area contributed by atoms with Gasteiger partial charge in [0, 0.05) is 44.4 Å². The van der Waals surface area contributed by atoms with Crippen molar-refractivity contribution in [3.63, 3.8) is 0 Å². The van der Waals surface area contributed by atoms with Crippen LogP contribution in [0.5, 0.6) is 0 Å². The Labute approximate surface area is 186 Å². The van der Waals surface area contributed by atoms with E-state index in [1.165, 1.54) is 16.4 Å². The van der Waals surface area contributed by atoms with E-state index in [1.807, 2.05) is 13.0 Å². The number of aromatic nitrogens is 2. The summed E-state index contributed by atoms with van der Waals surface area (Å²) >= 11 is 0. The van der Waals surface area contributed by atoms with Crippen LogP contribution in [0.25, 0.3) is 0 Å². The Kier molecular flexibility index (Phi) is 5.87. The molecule has 0 unspecified atom stereocenters. The third kappa shape index (κ3) is 4.18. The van der Waals surface area contributed by atoms with E-state index in [0.717, 1.165) is 16.8 Å². The molecular weight excluding hydrogens is 431 g/mol. The molecule has 0 fully saturated rings. The van der Waals surface area contributed by atoms with E-state index in [4.69, 9.17) is 0 Å².